The Hall–Kier alpha value is -1.26. The fourth-order valence-corrected chi connectivity index (χ4v) is 1.50. The summed E-state index contributed by atoms with van der Waals surface area (Å²) in [4.78, 5) is 10.8. The topological polar surface area (TPSA) is 75.3 Å². The summed E-state index contributed by atoms with van der Waals surface area (Å²) < 4.78 is 0. The van der Waals surface area contributed by atoms with Crippen LogP contribution in [0.3, 0.4) is 0 Å². The van der Waals surface area contributed by atoms with Gasteiger partial charge in [-0.1, -0.05) is 18.5 Å². The summed E-state index contributed by atoms with van der Waals surface area (Å²) in [6.45, 7) is 1.90. The number of nitrogen functional groups attached to an aromatic ring is 1. The largest absolute Gasteiger partial charge is 0.478 e. The molecular weight excluding hydrogens is 204 g/mol. The molecule has 4 N–H and O–H groups in total. The minimum Gasteiger partial charge on any atom is -0.478 e. The van der Waals surface area contributed by atoms with Crippen molar-refractivity contribution >= 4 is 23.3 Å². The number of aryl methyl sites for hydroxylation is 1. The highest BCUT2D eigenvalue weighted by atomic mass is 35.5. The number of carbonyl (C=O) groups is 1. The molecule has 1 rings (SSSR count). The second-order valence-corrected chi connectivity index (χ2v) is 3.18. The lowest BCUT2D eigenvalue weighted by molar-refractivity contribution is 0.0697. The highest BCUT2D eigenvalue weighted by molar-refractivity contribution is 6.34. The average Bonchev–Trinajstić information content (AvgIpc) is 2.17. The molecule has 1 aromatic rings. The Balaban J connectivity index is 3.34. The van der Waals surface area contributed by atoms with Crippen LogP contribution >= 0.6 is 11.6 Å². The number of hydrogen-bond acceptors (Lipinski definition) is 3. The van der Waals surface area contributed by atoms with Gasteiger partial charge in [0.05, 0.1) is 10.6 Å². The number of anilines is 1. The van der Waals surface area contributed by atoms with Crippen molar-refractivity contribution in [3.05, 3.63) is 28.3 Å². The van der Waals surface area contributed by atoms with Crippen molar-refractivity contribution in [3.8, 4) is 0 Å². The van der Waals surface area contributed by atoms with Gasteiger partial charge in [0.2, 0.25) is 0 Å². The van der Waals surface area contributed by atoms with E-state index in [1.54, 1.807) is 6.07 Å². The van der Waals surface area contributed by atoms with Crippen molar-refractivity contribution in [2.75, 3.05) is 5.43 Å². The summed E-state index contributed by atoms with van der Waals surface area (Å²) in [5.74, 6) is 4.15. The van der Waals surface area contributed by atoms with E-state index >= 15 is 0 Å². The fourth-order valence-electron chi connectivity index (χ4n) is 1.18. The van der Waals surface area contributed by atoms with Gasteiger partial charge in [-0.05, 0) is 24.1 Å². The van der Waals surface area contributed by atoms with Crippen molar-refractivity contribution < 1.29 is 9.90 Å². The highest BCUT2D eigenvalue weighted by Gasteiger charge is 2.13. The SMILES string of the molecule is CCc1cc(NN)cc(C(=O)O)c1Cl. The molecule has 0 heterocycles. The number of carboxylic acid groups (broad SMARTS) is 1. The number of hydrogen-bond donors (Lipinski definition) is 3. The third-order valence-corrected chi connectivity index (χ3v) is 2.37. The first-order chi connectivity index (χ1) is 6.60. The van der Waals surface area contributed by atoms with Crippen LogP contribution in [-0.4, -0.2) is 11.1 Å². The van der Waals surface area contributed by atoms with Gasteiger partial charge in [0.15, 0.2) is 0 Å². The quantitative estimate of drug-likeness (QED) is 0.531. The Morgan fingerprint density at radius 1 is 1.64 bits per heavy atom. The van der Waals surface area contributed by atoms with Gasteiger partial charge in [0, 0.05) is 5.69 Å². The monoisotopic (exact) mass is 214 g/mol. The van der Waals surface area contributed by atoms with E-state index in [4.69, 9.17) is 22.6 Å². The van der Waals surface area contributed by atoms with Crippen LogP contribution in [0.2, 0.25) is 5.02 Å². The second kappa shape index (κ2) is 4.30. The van der Waals surface area contributed by atoms with Gasteiger partial charge in [0.25, 0.3) is 0 Å². The van der Waals surface area contributed by atoms with Crippen LogP contribution in [0.1, 0.15) is 22.8 Å². The Kier molecular flexibility index (Phi) is 3.33. The summed E-state index contributed by atoms with van der Waals surface area (Å²) >= 11 is 5.88. The molecule has 0 saturated heterocycles. The van der Waals surface area contributed by atoms with E-state index in [9.17, 15) is 4.79 Å². The van der Waals surface area contributed by atoms with E-state index in [1.807, 2.05) is 6.92 Å². The van der Waals surface area contributed by atoms with Crippen LogP contribution in [0.4, 0.5) is 5.69 Å². The number of rotatable bonds is 3. The van der Waals surface area contributed by atoms with Crippen molar-refractivity contribution in [2.45, 2.75) is 13.3 Å². The number of benzene rings is 1. The van der Waals surface area contributed by atoms with Crippen LogP contribution in [0, 0.1) is 0 Å². The number of nitrogens with one attached hydrogen (secondary N) is 1. The van der Waals surface area contributed by atoms with Gasteiger partial charge < -0.3 is 10.5 Å². The standard InChI is InChI=1S/C9H11ClN2O2/c1-2-5-3-6(12-11)4-7(8(5)10)9(13)14/h3-4,12H,2,11H2,1H3,(H,13,14). The van der Waals surface area contributed by atoms with Gasteiger partial charge in [-0.3, -0.25) is 5.84 Å². The van der Waals surface area contributed by atoms with Gasteiger partial charge in [-0.2, -0.15) is 0 Å². The summed E-state index contributed by atoms with van der Waals surface area (Å²) in [7, 11) is 0. The lowest BCUT2D eigenvalue weighted by Crippen LogP contribution is -2.09. The van der Waals surface area contributed by atoms with Gasteiger partial charge in [-0.15, -0.1) is 0 Å². The molecule has 0 saturated carbocycles. The molecule has 0 fully saturated rings. The Morgan fingerprint density at radius 3 is 2.71 bits per heavy atom. The van der Waals surface area contributed by atoms with E-state index in [2.05, 4.69) is 5.43 Å². The highest BCUT2D eigenvalue weighted by Crippen LogP contribution is 2.25. The van der Waals surface area contributed by atoms with Gasteiger partial charge in [0.1, 0.15) is 0 Å². The first-order valence-corrected chi connectivity index (χ1v) is 4.50. The first kappa shape index (κ1) is 10.8. The lowest BCUT2D eigenvalue weighted by Gasteiger charge is -2.08. The van der Waals surface area contributed by atoms with Crippen LogP contribution in [-0.2, 0) is 6.42 Å². The third-order valence-electron chi connectivity index (χ3n) is 1.93. The minimum absolute atomic E-state index is 0.0685. The molecule has 0 aliphatic heterocycles. The molecule has 0 bridgehead atoms. The molecular formula is C9H11ClN2O2. The number of halogens is 1. The zero-order chi connectivity index (χ0) is 10.7. The minimum atomic E-state index is -1.05. The van der Waals surface area contributed by atoms with E-state index in [1.165, 1.54) is 6.07 Å². The van der Waals surface area contributed by atoms with Crippen LogP contribution in [0.5, 0.6) is 0 Å². The lowest BCUT2D eigenvalue weighted by atomic mass is 10.1. The number of carboxylic acids is 1. The molecule has 0 aliphatic rings. The summed E-state index contributed by atoms with van der Waals surface area (Å²) in [6, 6.07) is 3.14. The van der Waals surface area contributed by atoms with Crippen LogP contribution in [0.25, 0.3) is 0 Å². The van der Waals surface area contributed by atoms with Gasteiger partial charge in [-0.25, -0.2) is 4.79 Å². The van der Waals surface area contributed by atoms with Crippen LogP contribution in [0.15, 0.2) is 12.1 Å². The van der Waals surface area contributed by atoms with E-state index in [0.717, 1.165) is 5.56 Å². The van der Waals surface area contributed by atoms with Crippen molar-refractivity contribution in [1.82, 2.24) is 0 Å². The fraction of sp³-hybridized carbons (Fsp3) is 0.222. The smallest absolute Gasteiger partial charge is 0.337 e. The first-order valence-electron chi connectivity index (χ1n) is 4.12. The van der Waals surface area contributed by atoms with Crippen molar-refractivity contribution in [1.29, 1.82) is 0 Å². The van der Waals surface area contributed by atoms with E-state index in [-0.39, 0.29) is 10.6 Å². The maximum absolute atomic E-state index is 10.8. The van der Waals surface area contributed by atoms with Gasteiger partial charge >= 0.3 is 5.97 Å². The molecule has 1 aromatic carbocycles. The average molecular weight is 215 g/mol. The third kappa shape index (κ3) is 1.97. The number of aromatic carboxylic acids is 1. The molecule has 0 unspecified atom stereocenters. The number of hydrazine groups is 1. The summed E-state index contributed by atoms with van der Waals surface area (Å²) in [5.41, 5.74) is 3.78. The molecule has 0 radical (unpaired) electrons. The molecule has 0 aromatic heterocycles. The maximum Gasteiger partial charge on any atom is 0.337 e. The van der Waals surface area contributed by atoms with Crippen molar-refractivity contribution in [2.24, 2.45) is 5.84 Å². The van der Waals surface area contributed by atoms with Crippen LogP contribution < -0.4 is 11.3 Å². The summed E-state index contributed by atoms with van der Waals surface area (Å²) in [6.07, 6.45) is 0.661. The molecule has 0 atom stereocenters. The molecule has 0 spiro atoms. The normalized spacial score (nSPS) is 9.93. The predicted molar refractivity (Wildman–Crippen MR) is 55.6 cm³/mol. The van der Waals surface area contributed by atoms with Crippen molar-refractivity contribution in [3.63, 3.8) is 0 Å². The molecule has 4 nitrogen and oxygen atoms in total. The molecule has 14 heavy (non-hydrogen) atoms. The second-order valence-electron chi connectivity index (χ2n) is 2.80. The van der Waals surface area contributed by atoms with E-state index in [0.29, 0.717) is 12.1 Å². The summed E-state index contributed by atoms with van der Waals surface area (Å²) in [5, 5.41) is 9.13. The maximum atomic E-state index is 10.8. The molecule has 0 aliphatic carbocycles. The molecule has 0 amide bonds. The Morgan fingerprint density at radius 2 is 2.29 bits per heavy atom. The number of nitrogens with two attached hydrogens (primary N) is 1. The Labute approximate surface area is 86.6 Å². The predicted octanol–water partition coefficient (Wildman–Crippen LogP) is 1.89. The molecule has 76 valence electrons. The molecule has 5 heteroatoms. The zero-order valence-corrected chi connectivity index (χ0v) is 8.43. The Bertz CT molecular complexity index is 366. The van der Waals surface area contributed by atoms with E-state index < -0.39 is 5.97 Å². The zero-order valence-electron chi connectivity index (χ0n) is 7.67.